The van der Waals surface area contributed by atoms with E-state index in [1.54, 1.807) is 33.0 Å². The van der Waals surface area contributed by atoms with Crippen molar-refractivity contribution in [1.82, 2.24) is 9.80 Å². The molecule has 1 aromatic carbocycles. The summed E-state index contributed by atoms with van der Waals surface area (Å²) in [6.07, 6.45) is -0.357. The summed E-state index contributed by atoms with van der Waals surface area (Å²) in [5, 5.41) is 47.6. The van der Waals surface area contributed by atoms with Gasteiger partial charge in [-0.15, -0.1) is 0 Å². The highest BCUT2D eigenvalue weighted by molar-refractivity contribution is 6.25. The van der Waals surface area contributed by atoms with Crippen LogP contribution in [-0.4, -0.2) is 99.4 Å². The zero-order valence-electron chi connectivity index (χ0n) is 23.3. The van der Waals surface area contributed by atoms with Crippen molar-refractivity contribution >= 4 is 28.9 Å². The van der Waals surface area contributed by atoms with Gasteiger partial charge in [0, 0.05) is 28.5 Å². The number of likely N-dealkylation sites (N-methyl/N-ethyl adjacent to an activating group) is 2. The summed E-state index contributed by atoms with van der Waals surface area (Å²) in [6, 6.07) is -0.168. The van der Waals surface area contributed by atoms with Gasteiger partial charge in [0.2, 0.25) is 11.7 Å². The molecule has 0 fully saturated rings. The topological polar surface area (TPSA) is 168 Å². The first kappa shape index (κ1) is 29.4. The maximum absolute atomic E-state index is 15.5. The van der Waals surface area contributed by atoms with Gasteiger partial charge in [0.05, 0.1) is 23.8 Å². The molecule has 0 aliphatic heterocycles. The van der Waals surface area contributed by atoms with Crippen LogP contribution in [0.5, 0.6) is 5.75 Å². The molecule has 0 unspecified atom stereocenters. The molecule has 0 bridgehead atoms. The van der Waals surface area contributed by atoms with Crippen molar-refractivity contribution in [3.63, 3.8) is 0 Å². The third-order valence-corrected chi connectivity index (χ3v) is 8.41. The lowest BCUT2D eigenvalue weighted by Crippen LogP contribution is -2.64. The fraction of sp³-hybridized carbons (Fsp3) is 0.500. The number of hydrogen-bond donors (Lipinski definition) is 5. The van der Waals surface area contributed by atoms with E-state index in [1.165, 1.54) is 4.90 Å². The number of allylic oxidation sites excluding steroid dienone is 1. The van der Waals surface area contributed by atoms with Gasteiger partial charge in [0.15, 0.2) is 22.9 Å². The average Bonchev–Trinajstić information content (AvgIpc) is 2.83. The minimum absolute atomic E-state index is 0.0605. The molecule has 0 heterocycles. The Morgan fingerprint density at radius 1 is 1.18 bits per heavy atom. The van der Waals surface area contributed by atoms with Crippen LogP contribution in [0, 0.1) is 17.2 Å². The van der Waals surface area contributed by atoms with Crippen molar-refractivity contribution in [3.05, 3.63) is 45.7 Å². The minimum Gasteiger partial charge on any atom is -0.510 e. The molecule has 0 saturated carbocycles. The number of halogens is 1. The van der Waals surface area contributed by atoms with Gasteiger partial charge in [-0.2, -0.15) is 0 Å². The van der Waals surface area contributed by atoms with Crippen LogP contribution < -0.4 is 5.32 Å². The Kier molecular flexibility index (Phi) is 7.19. The van der Waals surface area contributed by atoms with E-state index in [1.807, 2.05) is 6.92 Å². The molecule has 0 radical (unpaired) electrons. The molecular weight excluding hydrogens is 525 g/mol. The Balaban J connectivity index is 1.90. The minimum atomic E-state index is -2.74. The van der Waals surface area contributed by atoms with E-state index < -0.39 is 86.0 Å². The molecule has 12 heteroatoms. The predicted molar refractivity (Wildman–Crippen MR) is 142 cm³/mol. The lowest BCUT2D eigenvalue weighted by molar-refractivity contribution is -0.150. The highest BCUT2D eigenvalue weighted by Gasteiger charge is 2.65. The molecular formula is C28H34FN3O8. The summed E-state index contributed by atoms with van der Waals surface area (Å²) in [7, 11) is 4.80. The quantitative estimate of drug-likeness (QED) is 0.255. The predicted octanol–water partition coefficient (Wildman–Crippen LogP) is 1.64. The number of carbonyl (C=O) groups is 4. The lowest BCUT2D eigenvalue weighted by Gasteiger charge is -2.53. The first-order valence-electron chi connectivity index (χ1n) is 12.9. The third kappa shape index (κ3) is 4.13. The van der Waals surface area contributed by atoms with Gasteiger partial charge in [0.25, 0.3) is 0 Å². The van der Waals surface area contributed by atoms with E-state index in [9.17, 15) is 39.6 Å². The van der Waals surface area contributed by atoms with Crippen LogP contribution in [0.2, 0.25) is 0 Å². The third-order valence-electron chi connectivity index (χ3n) is 8.41. The number of rotatable bonds is 6. The normalized spacial score (nSPS) is 28.1. The van der Waals surface area contributed by atoms with Gasteiger partial charge >= 0.3 is 0 Å². The molecule has 11 nitrogen and oxygen atoms in total. The fourth-order valence-corrected chi connectivity index (χ4v) is 6.39. The van der Waals surface area contributed by atoms with Gasteiger partial charge in [-0.1, -0.05) is 13.8 Å². The fourth-order valence-electron chi connectivity index (χ4n) is 6.39. The smallest absolute Gasteiger partial charge is 0.238 e. The molecule has 0 saturated heterocycles. The van der Waals surface area contributed by atoms with Crippen LogP contribution in [0.3, 0.4) is 0 Å². The second kappa shape index (κ2) is 9.79. The maximum atomic E-state index is 15.5. The van der Waals surface area contributed by atoms with Crippen molar-refractivity contribution in [2.75, 3.05) is 39.5 Å². The zero-order valence-corrected chi connectivity index (χ0v) is 23.3. The summed E-state index contributed by atoms with van der Waals surface area (Å²) in [5.74, 6) is -8.02. The monoisotopic (exact) mass is 559 g/mol. The van der Waals surface area contributed by atoms with Gasteiger partial charge in [-0.3, -0.25) is 29.0 Å². The van der Waals surface area contributed by atoms with Crippen molar-refractivity contribution in [3.8, 4) is 5.75 Å². The van der Waals surface area contributed by atoms with Crippen molar-refractivity contribution in [2.45, 2.75) is 45.3 Å². The Morgan fingerprint density at radius 2 is 1.80 bits per heavy atom. The lowest BCUT2D eigenvalue weighted by atomic mass is 9.53. The number of benzene rings is 1. The van der Waals surface area contributed by atoms with Gasteiger partial charge in [-0.05, 0) is 47.5 Å². The summed E-state index contributed by atoms with van der Waals surface area (Å²) in [5.41, 5.74) is -6.15. The standard InChI is InChI=1S/C28H34FN3O8/c1-7-32(6)11-17(34)30-16-8-15(29)13-9-27(3)10-14-21(31(4)5)24(37)18(12(2)33)25(38)28(14,40)26(39)20(27)23(36)19(13)22(16)35/h8,14,21,35,37,39-40H,7,9-11H2,1-6H3,(H,30,34)/t14-,21-,27-,28+/m0/s1. The first-order valence-corrected chi connectivity index (χ1v) is 12.9. The number of Topliss-reactive ketones (excluding diaryl/α,β-unsaturated/α-hetero) is 3. The van der Waals surface area contributed by atoms with Crippen LogP contribution in [0.4, 0.5) is 10.1 Å². The number of aliphatic hydroxyl groups excluding tert-OH is 2. The number of amides is 1. The summed E-state index contributed by atoms with van der Waals surface area (Å²) < 4.78 is 15.5. The number of phenolic OH excluding ortho intramolecular Hbond substituents is 1. The van der Waals surface area contributed by atoms with E-state index in [0.29, 0.717) is 6.54 Å². The van der Waals surface area contributed by atoms with E-state index >= 15 is 4.39 Å². The molecule has 40 heavy (non-hydrogen) atoms. The number of fused-ring (bicyclic) bond motifs is 3. The molecule has 4 atom stereocenters. The molecule has 4 rings (SSSR count). The SMILES string of the molecule is CCN(C)CC(=O)Nc1cc(F)c2c(c1O)C(=O)C1=C(O)[C@]3(O)C(=O)C(C(C)=O)=C(O)[C@@H](N(C)C)[C@@H]3C[C@]1(C)C2. The summed E-state index contributed by atoms with van der Waals surface area (Å²) in [4.78, 5) is 55.3. The number of nitrogens with zero attached hydrogens (tertiary/aromatic N) is 2. The number of phenols is 1. The largest absolute Gasteiger partial charge is 0.510 e. The first-order chi connectivity index (χ1) is 18.5. The molecule has 1 aromatic rings. The van der Waals surface area contributed by atoms with Crippen molar-refractivity contribution in [1.29, 1.82) is 0 Å². The highest BCUT2D eigenvalue weighted by Crippen LogP contribution is 2.58. The van der Waals surface area contributed by atoms with Crippen molar-refractivity contribution in [2.24, 2.45) is 11.3 Å². The average molecular weight is 560 g/mol. The van der Waals surface area contributed by atoms with Crippen LogP contribution in [-0.2, 0) is 20.8 Å². The molecule has 216 valence electrons. The molecule has 3 aliphatic rings. The molecule has 0 aromatic heterocycles. The summed E-state index contributed by atoms with van der Waals surface area (Å²) in [6.45, 7) is 4.92. The van der Waals surface area contributed by atoms with E-state index in [2.05, 4.69) is 5.32 Å². The second-order valence-corrected chi connectivity index (χ2v) is 11.4. The number of aromatic hydroxyl groups is 1. The number of aliphatic hydroxyl groups is 3. The van der Waals surface area contributed by atoms with E-state index in [0.717, 1.165) is 13.0 Å². The van der Waals surface area contributed by atoms with Crippen LogP contribution in [0.1, 0.15) is 43.1 Å². The summed E-state index contributed by atoms with van der Waals surface area (Å²) >= 11 is 0. The van der Waals surface area contributed by atoms with Crippen molar-refractivity contribution < 1.29 is 44.0 Å². The number of ketones is 3. The highest BCUT2D eigenvalue weighted by atomic mass is 19.1. The van der Waals surface area contributed by atoms with Gasteiger partial charge in [-0.25, -0.2) is 4.39 Å². The number of carbonyl (C=O) groups excluding carboxylic acids is 4. The zero-order chi connectivity index (χ0) is 30.1. The number of nitrogens with one attached hydrogen (secondary N) is 1. The Morgan fingerprint density at radius 3 is 2.35 bits per heavy atom. The van der Waals surface area contributed by atoms with Crippen LogP contribution >= 0.6 is 0 Å². The van der Waals surface area contributed by atoms with Gasteiger partial charge < -0.3 is 25.7 Å². The Labute approximate surface area is 230 Å². The maximum Gasteiger partial charge on any atom is 0.238 e. The molecule has 1 amide bonds. The van der Waals surface area contributed by atoms with Crippen LogP contribution in [0.15, 0.2) is 28.7 Å². The van der Waals surface area contributed by atoms with Crippen LogP contribution in [0.25, 0.3) is 0 Å². The van der Waals surface area contributed by atoms with E-state index in [-0.39, 0.29) is 30.6 Å². The molecule has 3 aliphatic carbocycles. The van der Waals surface area contributed by atoms with E-state index in [4.69, 9.17) is 0 Å². The Bertz CT molecular complexity index is 1420. The van der Waals surface area contributed by atoms with Gasteiger partial charge in [0.1, 0.15) is 22.9 Å². The second-order valence-electron chi connectivity index (χ2n) is 11.4. The molecule has 5 N–H and O–H groups in total. The number of anilines is 1. The number of hydrogen-bond acceptors (Lipinski definition) is 10. The Hall–Kier alpha value is -3.61. The molecule has 0 spiro atoms.